The lowest BCUT2D eigenvalue weighted by molar-refractivity contribution is -0.146. The standard InChI is InChI=1S/C20H23NO3S/c1-23-18-6-4-14(5-7-18)20-21-17(12-25-20)11-24-19(22)10-16-9-13-2-3-15(16)8-13/h4-7,12-13,15-16H,2-3,8-11H2,1H3/t13-,15-,16+/m1/s1. The molecule has 0 spiro atoms. The highest BCUT2D eigenvalue weighted by atomic mass is 32.1. The van der Waals surface area contributed by atoms with E-state index in [1.165, 1.54) is 25.7 Å². The number of methoxy groups -OCH3 is 1. The summed E-state index contributed by atoms with van der Waals surface area (Å²) in [5.41, 5.74) is 1.86. The molecule has 2 aliphatic carbocycles. The van der Waals surface area contributed by atoms with Crippen LogP contribution in [0, 0.1) is 17.8 Å². The third-order valence-electron chi connectivity index (χ3n) is 5.58. The van der Waals surface area contributed by atoms with E-state index in [9.17, 15) is 4.79 Å². The minimum Gasteiger partial charge on any atom is -0.497 e. The van der Waals surface area contributed by atoms with E-state index < -0.39 is 0 Å². The van der Waals surface area contributed by atoms with E-state index in [0.29, 0.717) is 12.3 Å². The van der Waals surface area contributed by atoms with Gasteiger partial charge in [-0.1, -0.05) is 6.42 Å². The highest BCUT2D eigenvalue weighted by Crippen LogP contribution is 2.49. The number of nitrogens with zero attached hydrogens (tertiary/aromatic N) is 1. The van der Waals surface area contributed by atoms with Crippen LogP contribution in [0.2, 0.25) is 0 Å². The zero-order valence-electron chi connectivity index (χ0n) is 14.4. The Bertz CT molecular complexity index is 740. The fraction of sp³-hybridized carbons (Fsp3) is 0.500. The van der Waals surface area contributed by atoms with Gasteiger partial charge >= 0.3 is 5.97 Å². The summed E-state index contributed by atoms with van der Waals surface area (Å²) in [5, 5.41) is 2.89. The van der Waals surface area contributed by atoms with E-state index in [1.54, 1.807) is 18.4 Å². The molecule has 4 nitrogen and oxygen atoms in total. The molecule has 0 N–H and O–H groups in total. The molecule has 0 saturated heterocycles. The van der Waals surface area contributed by atoms with E-state index in [2.05, 4.69) is 4.98 Å². The van der Waals surface area contributed by atoms with Crippen LogP contribution in [0.5, 0.6) is 5.75 Å². The summed E-state index contributed by atoms with van der Waals surface area (Å²) < 4.78 is 10.6. The predicted octanol–water partition coefficient (Wildman–Crippen LogP) is 4.69. The Morgan fingerprint density at radius 1 is 1.24 bits per heavy atom. The second-order valence-electron chi connectivity index (χ2n) is 7.17. The lowest BCUT2D eigenvalue weighted by atomic mass is 9.86. The number of esters is 1. The average molecular weight is 357 g/mol. The van der Waals surface area contributed by atoms with Crippen LogP contribution in [0.4, 0.5) is 0 Å². The molecule has 2 aliphatic rings. The molecule has 1 aromatic heterocycles. The van der Waals surface area contributed by atoms with Crippen molar-refractivity contribution in [2.24, 2.45) is 17.8 Å². The first-order valence-electron chi connectivity index (χ1n) is 8.95. The minimum atomic E-state index is -0.0726. The molecule has 3 atom stereocenters. The zero-order valence-corrected chi connectivity index (χ0v) is 15.3. The molecule has 2 aromatic rings. The maximum atomic E-state index is 12.1. The first-order chi connectivity index (χ1) is 12.2. The van der Waals surface area contributed by atoms with Gasteiger partial charge in [0, 0.05) is 17.4 Å². The molecule has 1 aromatic carbocycles. The summed E-state index contributed by atoms with van der Waals surface area (Å²) in [6.07, 6.45) is 5.80. The number of carbonyl (C=O) groups excluding carboxylic acids is 1. The second kappa shape index (κ2) is 7.16. The van der Waals surface area contributed by atoms with Crippen LogP contribution in [0.15, 0.2) is 29.6 Å². The summed E-state index contributed by atoms with van der Waals surface area (Å²) in [7, 11) is 1.65. The van der Waals surface area contributed by atoms with Crippen LogP contribution in [0.1, 0.15) is 37.8 Å². The molecule has 0 aliphatic heterocycles. The lowest BCUT2D eigenvalue weighted by Crippen LogP contribution is -2.17. The maximum absolute atomic E-state index is 12.1. The van der Waals surface area contributed by atoms with Crippen molar-refractivity contribution in [1.82, 2.24) is 4.98 Å². The van der Waals surface area contributed by atoms with Crippen molar-refractivity contribution in [3.63, 3.8) is 0 Å². The van der Waals surface area contributed by atoms with E-state index in [0.717, 1.165) is 33.9 Å². The van der Waals surface area contributed by atoms with Gasteiger partial charge in [0.2, 0.25) is 0 Å². The average Bonchev–Trinajstić information content (AvgIpc) is 3.37. The first-order valence-corrected chi connectivity index (χ1v) is 9.83. The van der Waals surface area contributed by atoms with Crippen LogP contribution >= 0.6 is 11.3 Å². The molecule has 0 unspecified atom stereocenters. The molecule has 2 fully saturated rings. The molecule has 0 radical (unpaired) electrons. The van der Waals surface area contributed by atoms with Gasteiger partial charge in [0.25, 0.3) is 0 Å². The van der Waals surface area contributed by atoms with E-state index in [4.69, 9.17) is 9.47 Å². The highest BCUT2D eigenvalue weighted by Gasteiger charge is 2.40. The van der Waals surface area contributed by atoms with Crippen molar-refractivity contribution in [2.45, 2.75) is 38.7 Å². The van der Waals surface area contributed by atoms with Gasteiger partial charge in [-0.3, -0.25) is 4.79 Å². The predicted molar refractivity (Wildman–Crippen MR) is 97.5 cm³/mol. The van der Waals surface area contributed by atoms with Crippen LogP contribution < -0.4 is 4.74 Å². The summed E-state index contributed by atoms with van der Waals surface area (Å²) in [5.74, 6) is 2.94. The zero-order chi connectivity index (χ0) is 17.2. The van der Waals surface area contributed by atoms with Crippen molar-refractivity contribution in [3.8, 4) is 16.3 Å². The second-order valence-corrected chi connectivity index (χ2v) is 8.03. The smallest absolute Gasteiger partial charge is 0.306 e. The van der Waals surface area contributed by atoms with Gasteiger partial charge in [-0.2, -0.15) is 0 Å². The van der Waals surface area contributed by atoms with Crippen LogP contribution in [-0.2, 0) is 16.1 Å². The molecule has 5 heteroatoms. The largest absolute Gasteiger partial charge is 0.497 e. The Morgan fingerprint density at radius 2 is 2.08 bits per heavy atom. The molecule has 1 heterocycles. The molecule has 132 valence electrons. The van der Waals surface area contributed by atoms with Crippen molar-refractivity contribution in [1.29, 1.82) is 0 Å². The van der Waals surface area contributed by atoms with Crippen molar-refractivity contribution in [2.75, 3.05) is 7.11 Å². The SMILES string of the molecule is COc1ccc(-c2nc(COC(=O)C[C@@H]3C[C@@H]4CC[C@@H]3C4)cs2)cc1. The number of thiazole rings is 1. The monoisotopic (exact) mass is 357 g/mol. The van der Waals surface area contributed by atoms with Crippen LogP contribution in [0.25, 0.3) is 10.6 Å². The maximum Gasteiger partial charge on any atom is 0.306 e. The fourth-order valence-electron chi connectivity index (χ4n) is 4.29. The molecular formula is C20H23NO3S. The molecule has 2 bridgehead atoms. The Kier molecular flexibility index (Phi) is 4.75. The summed E-state index contributed by atoms with van der Waals surface area (Å²) >= 11 is 1.57. The number of benzene rings is 1. The Labute approximate surface area is 152 Å². The normalized spacial score (nSPS) is 24.4. The van der Waals surface area contributed by atoms with E-state index >= 15 is 0 Å². The Hall–Kier alpha value is -1.88. The highest BCUT2D eigenvalue weighted by molar-refractivity contribution is 7.13. The van der Waals surface area contributed by atoms with Gasteiger partial charge in [-0.15, -0.1) is 11.3 Å². The fourth-order valence-corrected chi connectivity index (χ4v) is 5.10. The van der Waals surface area contributed by atoms with Crippen molar-refractivity contribution >= 4 is 17.3 Å². The Balaban J connectivity index is 1.29. The number of rotatable bonds is 6. The topological polar surface area (TPSA) is 48.4 Å². The third-order valence-corrected chi connectivity index (χ3v) is 6.52. The number of hydrogen-bond donors (Lipinski definition) is 0. The molecular weight excluding hydrogens is 334 g/mol. The molecule has 4 rings (SSSR count). The first kappa shape index (κ1) is 16.6. The van der Waals surface area contributed by atoms with Crippen molar-refractivity contribution in [3.05, 3.63) is 35.3 Å². The Morgan fingerprint density at radius 3 is 2.76 bits per heavy atom. The third kappa shape index (κ3) is 3.71. The summed E-state index contributed by atoms with van der Waals surface area (Å²) in [6.45, 7) is 0.270. The lowest BCUT2D eigenvalue weighted by Gasteiger charge is -2.20. The van der Waals surface area contributed by atoms with Gasteiger partial charge in [-0.25, -0.2) is 4.98 Å². The van der Waals surface area contributed by atoms with Gasteiger partial charge in [0.05, 0.1) is 12.8 Å². The van der Waals surface area contributed by atoms with E-state index in [1.807, 2.05) is 29.6 Å². The quantitative estimate of drug-likeness (QED) is 0.704. The minimum absolute atomic E-state index is 0.0726. The van der Waals surface area contributed by atoms with Crippen LogP contribution in [0.3, 0.4) is 0 Å². The molecule has 0 amide bonds. The van der Waals surface area contributed by atoms with Gasteiger partial charge in [0.15, 0.2) is 0 Å². The molecule has 2 saturated carbocycles. The van der Waals surface area contributed by atoms with Gasteiger partial charge in [0.1, 0.15) is 17.4 Å². The number of fused-ring (bicyclic) bond motifs is 2. The molecule has 25 heavy (non-hydrogen) atoms. The number of ether oxygens (including phenoxy) is 2. The number of hydrogen-bond acceptors (Lipinski definition) is 5. The summed E-state index contributed by atoms with van der Waals surface area (Å²) in [4.78, 5) is 16.7. The number of aromatic nitrogens is 1. The van der Waals surface area contributed by atoms with Gasteiger partial charge in [-0.05, 0) is 61.3 Å². The van der Waals surface area contributed by atoms with Gasteiger partial charge < -0.3 is 9.47 Å². The van der Waals surface area contributed by atoms with Crippen LogP contribution in [-0.4, -0.2) is 18.1 Å². The number of carbonyl (C=O) groups is 1. The van der Waals surface area contributed by atoms with Crippen molar-refractivity contribution < 1.29 is 14.3 Å². The summed E-state index contributed by atoms with van der Waals surface area (Å²) in [6, 6.07) is 7.82. The van der Waals surface area contributed by atoms with E-state index in [-0.39, 0.29) is 12.6 Å².